The molecule has 0 radical (unpaired) electrons. The summed E-state index contributed by atoms with van der Waals surface area (Å²) in [5, 5.41) is 9.20. The van der Waals surface area contributed by atoms with Gasteiger partial charge in [0, 0.05) is 10.7 Å². The van der Waals surface area contributed by atoms with E-state index < -0.39 is 26.0 Å². The summed E-state index contributed by atoms with van der Waals surface area (Å²) in [5.74, 6) is 0. The third kappa shape index (κ3) is 2.53. The summed E-state index contributed by atoms with van der Waals surface area (Å²) in [7, 11) is -3.78. The molecule has 3 aromatic heterocycles. The number of sulfone groups is 1. The molecular formula is C16H8BrN5O4S. The number of aromatic nitrogens is 4. The third-order valence-corrected chi connectivity index (χ3v) is 5.36. The van der Waals surface area contributed by atoms with Crippen LogP contribution in [0, 0.1) is 11.3 Å². The van der Waals surface area contributed by atoms with Crippen LogP contribution in [-0.2, 0) is 9.84 Å². The summed E-state index contributed by atoms with van der Waals surface area (Å²) >= 11 is 3.30. The van der Waals surface area contributed by atoms with Crippen LogP contribution in [0.3, 0.4) is 0 Å². The van der Waals surface area contributed by atoms with Crippen molar-refractivity contribution in [1.29, 1.82) is 5.26 Å². The number of H-pyrrole nitrogens is 1. The molecule has 0 bridgehead atoms. The molecule has 0 aliphatic heterocycles. The van der Waals surface area contributed by atoms with Crippen molar-refractivity contribution in [2.75, 3.05) is 6.26 Å². The Labute approximate surface area is 159 Å². The van der Waals surface area contributed by atoms with E-state index in [1.807, 2.05) is 0 Å². The quantitative estimate of drug-likeness (QED) is 0.263. The SMILES string of the molecule is CS(=O)(=O)c1ncc2c(n1)c(=O)c(C#N)c1[nH]c3ccc(Br)cc3c(=O)n12. The number of hydrogen-bond donors (Lipinski definition) is 1. The molecule has 3 heterocycles. The molecule has 1 aromatic carbocycles. The molecule has 27 heavy (non-hydrogen) atoms. The predicted octanol–water partition coefficient (Wildman–Crippen LogP) is 1.12. The maximum atomic E-state index is 13.1. The molecule has 4 rings (SSSR count). The number of fused-ring (bicyclic) bond motifs is 4. The van der Waals surface area contributed by atoms with Gasteiger partial charge in [0.1, 0.15) is 22.8 Å². The molecule has 0 saturated carbocycles. The number of benzene rings is 1. The van der Waals surface area contributed by atoms with Gasteiger partial charge in [0.15, 0.2) is 0 Å². The smallest absolute Gasteiger partial charge is 0.266 e. The van der Waals surface area contributed by atoms with E-state index in [1.54, 1.807) is 24.3 Å². The number of rotatable bonds is 1. The molecule has 9 nitrogen and oxygen atoms in total. The average molecular weight is 446 g/mol. The van der Waals surface area contributed by atoms with E-state index in [0.29, 0.717) is 15.4 Å². The van der Waals surface area contributed by atoms with Gasteiger partial charge in [0.25, 0.3) is 5.56 Å². The van der Waals surface area contributed by atoms with Crippen LogP contribution >= 0.6 is 15.9 Å². The zero-order valence-corrected chi connectivity index (χ0v) is 15.9. The number of nitrogens with zero attached hydrogens (tertiary/aromatic N) is 4. The highest BCUT2D eigenvalue weighted by molar-refractivity contribution is 9.10. The van der Waals surface area contributed by atoms with Crippen molar-refractivity contribution in [1.82, 2.24) is 19.4 Å². The Balaban J connectivity index is 2.36. The summed E-state index contributed by atoms with van der Waals surface area (Å²) in [5.41, 5.74) is -1.52. The molecule has 0 aliphatic rings. The minimum atomic E-state index is -3.78. The number of aromatic amines is 1. The Morgan fingerprint density at radius 2 is 2.04 bits per heavy atom. The highest BCUT2D eigenvalue weighted by atomic mass is 79.9. The minimum Gasteiger partial charge on any atom is -0.339 e. The van der Waals surface area contributed by atoms with Gasteiger partial charge < -0.3 is 4.98 Å². The third-order valence-electron chi connectivity index (χ3n) is 4.00. The second-order valence-corrected chi connectivity index (χ2v) is 8.60. The first-order chi connectivity index (χ1) is 12.7. The van der Waals surface area contributed by atoms with E-state index in [1.165, 1.54) is 0 Å². The lowest BCUT2D eigenvalue weighted by atomic mass is 10.2. The minimum absolute atomic E-state index is 0.00419. The van der Waals surface area contributed by atoms with Crippen LogP contribution in [-0.4, -0.2) is 34.0 Å². The fourth-order valence-corrected chi connectivity index (χ4v) is 3.67. The summed E-state index contributed by atoms with van der Waals surface area (Å²) in [4.78, 5) is 36.2. The number of hydrogen-bond acceptors (Lipinski definition) is 7. The summed E-state index contributed by atoms with van der Waals surface area (Å²) in [6.45, 7) is 0. The standard InChI is InChI=1S/C16H8BrN5O4S/c1-27(25,26)16-19-6-11-12(21-16)13(23)9(5-18)14-20-10-3-2-7(17)4-8(10)15(24)22(11)14/h2-4,6,20H,1H3. The van der Waals surface area contributed by atoms with Gasteiger partial charge in [0.05, 0.1) is 22.6 Å². The first kappa shape index (κ1) is 17.3. The van der Waals surface area contributed by atoms with Crippen LogP contribution in [0.15, 0.2) is 43.6 Å². The largest absolute Gasteiger partial charge is 0.339 e. The lowest BCUT2D eigenvalue weighted by Crippen LogP contribution is -2.23. The molecule has 0 atom stereocenters. The van der Waals surface area contributed by atoms with Crippen molar-refractivity contribution in [3.8, 4) is 6.07 Å². The first-order valence-corrected chi connectivity index (χ1v) is 10.1. The molecule has 0 amide bonds. The van der Waals surface area contributed by atoms with Gasteiger partial charge in [-0.15, -0.1) is 0 Å². The van der Waals surface area contributed by atoms with E-state index in [-0.39, 0.29) is 22.2 Å². The number of nitriles is 1. The van der Waals surface area contributed by atoms with Crippen molar-refractivity contribution >= 4 is 53.4 Å². The van der Waals surface area contributed by atoms with Crippen LogP contribution in [0.4, 0.5) is 0 Å². The number of pyridine rings is 1. The van der Waals surface area contributed by atoms with Gasteiger partial charge >= 0.3 is 0 Å². The van der Waals surface area contributed by atoms with E-state index in [4.69, 9.17) is 0 Å². The summed E-state index contributed by atoms with van der Waals surface area (Å²) in [6.07, 6.45) is 1.99. The zero-order chi connectivity index (χ0) is 19.5. The van der Waals surface area contributed by atoms with Gasteiger partial charge in [-0.05, 0) is 18.2 Å². The number of nitrogens with one attached hydrogen (secondary N) is 1. The second kappa shape index (κ2) is 5.70. The van der Waals surface area contributed by atoms with Crippen molar-refractivity contribution in [3.05, 3.63) is 55.0 Å². The topological polar surface area (TPSA) is 138 Å². The Morgan fingerprint density at radius 1 is 1.30 bits per heavy atom. The Kier molecular flexibility index (Phi) is 3.66. The average Bonchev–Trinajstić information content (AvgIpc) is 2.61. The normalized spacial score (nSPS) is 11.9. The Morgan fingerprint density at radius 3 is 2.70 bits per heavy atom. The van der Waals surface area contributed by atoms with E-state index in [0.717, 1.165) is 16.9 Å². The maximum Gasteiger partial charge on any atom is 0.266 e. The van der Waals surface area contributed by atoms with Crippen LogP contribution in [0.5, 0.6) is 0 Å². The second-order valence-electron chi connectivity index (χ2n) is 5.78. The zero-order valence-electron chi connectivity index (χ0n) is 13.5. The van der Waals surface area contributed by atoms with Gasteiger partial charge in [-0.25, -0.2) is 18.4 Å². The predicted molar refractivity (Wildman–Crippen MR) is 100 cm³/mol. The van der Waals surface area contributed by atoms with Gasteiger partial charge in [-0.1, -0.05) is 15.9 Å². The molecule has 0 aliphatic carbocycles. The molecule has 1 N–H and O–H groups in total. The fourth-order valence-electron chi connectivity index (χ4n) is 2.81. The highest BCUT2D eigenvalue weighted by Crippen LogP contribution is 2.19. The van der Waals surface area contributed by atoms with Crippen molar-refractivity contribution in [2.45, 2.75) is 5.16 Å². The molecule has 0 saturated heterocycles. The Bertz CT molecular complexity index is 1560. The Hall–Kier alpha value is -3.10. The maximum absolute atomic E-state index is 13.1. The lowest BCUT2D eigenvalue weighted by Gasteiger charge is -2.09. The summed E-state index contributed by atoms with van der Waals surface area (Å²) < 4.78 is 25.2. The first-order valence-electron chi connectivity index (χ1n) is 7.39. The van der Waals surface area contributed by atoms with Crippen LogP contribution in [0.1, 0.15) is 5.56 Å². The lowest BCUT2D eigenvalue weighted by molar-refractivity contribution is 0.593. The fraction of sp³-hybridized carbons (Fsp3) is 0.0625. The van der Waals surface area contributed by atoms with E-state index in [9.17, 15) is 23.3 Å². The van der Waals surface area contributed by atoms with Crippen LogP contribution in [0.25, 0.3) is 27.6 Å². The van der Waals surface area contributed by atoms with Crippen LogP contribution in [0.2, 0.25) is 0 Å². The monoisotopic (exact) mass is 445 g/mol. The number of halogens is 1. The van der Waals surface area contributed by atoms with Crippen molar-refractivity contribution in [3.63, 3.8) is 0 Å². The molecule has 4 aromatic rings. The van der Waals surface area contributed by atoms with Crippen LogP contribution < -0.4 is 11.0 Å². The van der Waals surface area contributed by atoms with Gasteiger partial charge in [0.2, 0.25) is 20.4 Å². The molecule has 0 fully saturated rings. The highest BCUT2D eigenvalue weighted by Gasteiger charge is 2.20. The molecule has 11 heteroatoms. The van der Waals surface area contributed by atoms with E-state index in [2.05, 4.69) is 30.9 Å². The molecular weight excluding hydrogens is 438 g/mol. The molecule has 134 valence electrons. The molecule has 0 spiro atoms. The van der Waals surface area contributed by atoms with Gasteiger partial charge in [-0.3, -0.25) is 14.0 Å². The van der Waals surface area contributed by atoms with Gasteiger partial charge in [-0.2, -0.15) is 5.26 Å². The summed E-state index contributed by atoms with van der Waals surface area (Å²) in [6, 6.07) is 6.71. The molecule has 0 unspecified atom stereocenters. The van der Waals surface area contributed by atoms with Crippen molar-refractivity contribution < 1.29 is 8.42 Å². The van der Waals surface area contributed by atoms with E-state index >= 15 is 0 Å². The van der Waals surface area contributed by atoms with Crippen molar-refractivity contribution in [2.24, 2.45) is 0 Å².